The lowest BCUT2D eigenvalue weighted by Crippen LogP contribution is -2.19. The van der Waals surface area contributed by atoms with Crippen LogP contribution in [-0.4, -0.2) is 51.3 Å². The summed E-state index contributed by atoms with van der Waals surface area (Å²) in [5.74, 6) is 1.49. The molecule has 10 heteroatoms. The summed E-state index contributed by atoms with van der Waals surface area (Å²) in [5, 5.41) is 10.2. The molecular formula is C24H30N8O2. The molecule has 0 saturated carbocycles. The van der Waals surface area contributed by atoms with E-state index in [9.17, 15) is 4.79 Å². The summed E-state index contributed by atoms with van der Waals surface area (Å²) in [4.78, 5) is 23.2. The lowest BCUT2D eigenvalue weighted by Gasteiger charge is -2.12. The van der Waals surface area contributed by atoms with Gasteiger partial charge in [0.05, 0.1) is 5.39 Å². The van der Waals surface area contributed by atoms with Gasteiger partial charge in [0.15, 0.2) is 5.82 Å². The minimum atomic E-state index is -0.403. The van der Waals surface area contributed by atoms with Gasteiger partial charge in [-0.2, -0.15) is 0 Å². The van der Waals surface area contributed by atoms with E-state index in [-0.39, 0.29) is 5.41 Å². The van der Waals surface area contributed by atoms with E-state index in [0.717, 1.165) is 35.2 Å². The number of hydrogen-bond donors (Lipinski definition) is 3. The third kappa shape index (κ3) is 5.01. The number of fused-ring (bicyclic) bond motifs is 1. The number of benzene rings is 1. The Morgan fingerprint density at radius 2 is 1.88 bits per heavy atom. The summed E-state index contributed by atoms with van der Waals surface area (Å²) in [7, 11) is 4.06. The summed E-state index contributed by atoms with van der Waals surface area (Å²) >= 11 is 0. The Bertz CT molecular complexity index is 1300. The Balaban J connectivity index is 1.51. The van der Waals surface area contributed by atoms with Crippen molar-refractivity contribution in [2.75, 3.05) is 37.0 Å². The number of nitrogen functional groups attached to an aromatic ring is 1. The van der Waals surface area contributed by atoms with Gasteiger partial charge in [0.25, 0.3) is 0 Å². The monoisotopic (exact) mass is 462 g/mol. The molecular weight excluding hydrogens is 432 g/mol. The highest BCUT2D eigenvalue weighted by Gasteiger charge is 2.20. The molecule has 1 aromatic carbocycles. The van der Waals surface area contributed by atoms with Gasteiger partial charge in [0, 0.05) is 42.0 Å². The van der Waals surface area contributed by atoms with Crippen LogP contribution in [0.3, 0.4) is 0 Å². The average molecular weight is 463 g/mol. The summed E-state index contributed by atoms with van der Waals surface area (Å²) < 4.78 is 7.39. The number of carbonyl (C=O) groups excluding carboxylic acids is 1. The molecule has 178 valence electrons. The van der Waals surface area contributed by atoms with Crippen molar-refractivity contribution in [1.29, 1.82) is 0 Å². The maximum Gasteiger partial charge on any atom is 0.324 e. The number of nitrogens with two attached hydrogens (primary N) is 1. The Labute approximate surface area is 198 Å². The largest absolute Gasteiger partial charge is 0.383 e. The Kier molecular flexibility index (Phi) is 6.25. The van der Waals surface area contributed by atoms with Crippen molar-refractivity contribution in [3.63, 3.8) is 0 Å². The molecule has 0 radical (unpaired) electrons. The van der Waals surface area contributed by atoms with Gasteiger partial charge >= 0.3 is 6.03 Å². The van der Waals surface area contributed by atoms with E-state index in [1.165, 1.54) is 6.33 Å². The van der Waals surface area contributed by atoms with E-state index >= 15 is 0 Å². The first-order chi connectivity index (χ1) is 16.1. The molecule has 4 rings (SSSR count). The van der Waals surface area contributed by atoms with Crippen LogP contribution in [0.1, 0.15) is 26.5 Å². The van der Waals surface area contributed by atoms with Crippen LogP contribution in [-0.2, 0) is 12.0 Å². The van der Waals surface area contributed by atoms with Crippen LogP contribution >= 0.6 is 0 Å². The Hall–Kier alpha value is -3.92. The maximum absolute atomic E-state index is 12.4. The smallest absolute Gasteiger partial charge is 0.324 e. The van der Waals surface area contributed by atoms with E-state index in [1.54, 1.807) is 6.07 Å². The zero-order valence-electron chi connectivity index (χ0n) is 20.1. The van der Waals surface area contributed by atoms with Gasteiger partial charge in [-0.25, -0.2) is 14.8 Å². The summed E-state index contributed by atoms with van der Waals surface area (Å²) in [6.07, 6.45) is 3.53. The third-order valence-electron chi connectivity index (χ3n) is 5.42. The molecule has 0 spiro atoms. The fraction of sp³-hybridized carbons (Fsp3) is 0.333. The molecule has 4 N–H and O–H groups in total. The van der Waals surface area contributed by atoms with E-state index in [4.69, 9.17) is 10.3 Å². The van der Waals surface area contributed by atoms with Crippen LogP contribution < -0.4 is 16.4 Å². The molecule has 3 heterocycles. The van der Waals surface area contributed by atoms with Crippen molar-refractivity contribution in [2.45, 2.75) is 32.7 Å². The first-order valence-electron chi connectivity index (χ1n) is 11.0. The normalized spacial score (nSPS) is 11.8. The van der Waals surface area contributed by atoms with Crippen LogP contribution in [0.5, 0.6) is 0 Å². The average Bonchev–Trinajstić information content (AvgIpc) is 3.38. The quantitative estimate of drug-likeness (QED) is 0.392. The minimum absolute atomic E-state index is 0.191. The predicted octanol–water partition coefficient (Wildman–Crippen LogP) is 4.17. The number of nitrogens with one attached hydrogen (secondary N) is 2. The van der Waals surface area contributed by atoms with Gasteiger partial charge < -0.3 is 25.0 Å². The van der Waals surface area contributed by atoms with Crippen molar-refractivity contribution < 1.29 is 9.32 Å². The van der Waals surface area contributed by atoms with Crippen molar-refractivity contribution in [2.24, 2.45) is 0 Å². The highest BCUT2D eigenvalue weighted by molar-refractivity contribution is 6.02. The SMILES string of the molecule is CN(C)CCn1cc(-c2ccc(NC(=O)Nc3cc(C(C)(C)C)on3)cc2)c2c(N)ncnc21. The second-order valence-corrected chi connectivity index (χ2v) is 9.48. The molecule has 0 aliphatic rings. The van der Waals surface area contributed by atoms with E-state index in [1.807, 2.05) is 65.3 Å². The molecule has 4 aromatic rings. The summed E-state index contributed by atoms with van der Waals surface area (Å²) in [6.45, 7) is 7.68. The molecule has 34 heavy (non-hydrogen) atoms. The predicted molar refractivity (Wildman–Crippen MR) is 134 cm³/mol. The van der Waals surface area contributed by atoms with Gasteiger partial charge in [-0.05, 0) is 31.8 Å². The van der Waals surface area contributed by atoms with Gasteiger partial charge in [-0.1, -0.05) is 38.1 Å². The fourth-order valence-electron chi connectivity index (χ4n) is 3.54. The number of aromatic nitrogens is 4. The molecule has 3 aromatic heterocycles. The minimum Gasteiger partial charge on any atom is -0.383 e. The number of likely N-dealkylation sites (N-methyl/N-ethyl adjacent to an activating group) is 1. The van der Waals surface area contributed by atoms with Gasteiger partial charge in [-0.3, -0.25) is 5.32 Å². The Morgan fingerprint density at radius 3 is 2.53 bits per heavy atom. The molecule has 0 bridgehead atoms. The summed E-state index contributed by atoms with van der Waals surface area (Å²) in [6, 6.07) is 8.85. The lowest BCUT2D eigenvalue weighted by molar-refractivity contribution is 0.262. The summed E-state index contributed by atoms with van der Waals surface area (Å²) in [5.41, 5.74) is 9.35. The Morgan fingerprint density at radius 1 is 1.15 bits per heavy atom. The fourth-order valence-corrected chi connectivity index (χ4v) is 3.54. The van der Waals surface area contributed by atoms with Gasteiger partial charge in [-0.15, -0.1) is 0 Å². The number of rotatable bonds is 6. The second-order valence-electron chi connectivity index (χ2n) is 9.48. The van der Waals surface area contributed by atoms with Crippen molar-refractivity contribution in [3.8, 4) is 11.1 Å². The highest BCUT2D eigenvalue weighted by atomic mass is 16.5. The van der Waals surface area contributed by atoms with Crippen LogP contribution in [0, 0.1) is 0 Å². The second kappa shape index (κ2) is 9.14. The van der Waals surface area contributed by atoms with E-state index in [0.29, 0.717) is 23.1 Å². The van der Waals surface area contributed by atoms with Crippen molar-refractivity contribution in [3.05, 3.63) is 48.6 Å². The zero-order valence-corrected chi connectivity index (χ0v) is 20.1. The molecule has 10 nitrogen and oxygen atoms in total. The van der Waals surface area contributed by atoms with Crippen molar-refractivity contribution in [1.82, 2.24) is 24.6 Å². The molecule has 0 aliphatic carbocycles. The van der Waals surface area contributed by atoms with Crippen LogP contribution in [0.15, 0.2) is 47.4 Å². The van der Waals surface area contributed by atoms with E-state index < -0.39 is 6.03 Å². The number of urea groups is 1. The number of amides is 2. The molecule has 0 aliphatic heterocycles. The standard InChI is InChI=1S/C24H30N8O2/c1-24(2,3)18-12-19(30-34-18)29-23(33)28-16-8-6-15(7-9-16)17-13-32(11-10-31(4)5)22-20(17)21(25)26-14-27-22/h6-9,12-14H,10-11H2,1-5H3,(H2,25,26,27)(H2,28,29,30,33). The molecule has 2 amide bonds. The highest BCUT2D eigenvalue weighted by Crippen LogP contribution is 2.33. The van der Waals surface area contributed by atoms with E-state index in [2.05, 4.69) is 35.2 Å². The van der Waals surface area contributed by atoms with Gasteiger partial charge in [0.1, 0.15) is 23.6 Å². The lowest BCUT2D eigenvalue weighted by atomic mass is 9.93. The number of nitrogens with zero attached hydrogens (tertiary/aromatic N) is 5. The maximum atomic E-state index is 12.4. The third-order valence-corrected chi connectivity index (χ3v) is 5.42. The van der Waals surface area contributed by atoms with Crippen molar-refractivity contribution >= 4 is 34.4 Å². The first kappa shape index (κ1) is 23.2. The molecule has 0 saturated heterocycles. The van der Waals surface area contributed by atoms with Gasteiger partial charge in [0.2, 0.25) is 0 Å². The zero-order chi connectivity index (χ0) is 24.5. The molecule has 0 fully saturated rings. The number of anilines is 3. The molecule has 0 unspecified atom stereocenters. The topological polar surface area (TPSA) is 127 Å². The van der Waals surface area contributed by atoms with Crippen LogP contribution in [0.4, 0.5) is 22.1 Å². The molecule has 0 atom stereocenters. The van der Waals surface area contributed by atoms with Crippen LogP contribution in [0.25, 0.3) is 22.2 Å². The number of hydrogen-bond acceptors (Lipinski definition) is 7. The van der Waals surface area contributed by atoms with Crippen LogP contribution in [0.2, 0.25) is 0 Å². The first-order valence-corrected chi connectivity index (χ1v) is 11.0. The number of carbonyl (C=O) groups is 1.